The van der Waals surface area contributed by atoms with Crippen molar-refractivity contribution >= 4 is 17.5 Å². The van der Waals surface area contributed by atoms with Crippen LogP contribution in [-0.2, 0) is 11.3 Å². The van der Waals surface area contributed by atoms with E-state index in [1.807, 2.05) is 0 Å². The van der Waals surface area contributed by atoms with Gasteiger partial charge in [-0.25, -0.2) is 0 Å². The molecule has 2 aromatic carbocycles. The van der Waals surface area contributed by atoms with Gasteiger partial charge in [0, 0.05) is 17.1 Å². The van der Waals surface area contributed by atoms with Crippen molar-refractivity contribution in [3.05, 3.63) is 64.7 Å². The standard InChI is InChI=1S/C17H14ClF2NO2/c1-23-14-5-3-2-4-13(14)15-17(19,20)16(22)21(15)10-11-6-8-12(18)9-7-11/h2-9,15H,10H2,1H3. The fourth-order valence-corrected chi connectivity index (χ4v) is 2.89. The molecule has 3 rings (SSSR count). The summed E-state index contributed by atoms with van der Waals surface area (Å²) in [6.07, 6.45) is 0. The second kappa shape index (κ2) is 5.81. The van der Waals surface area contributed by atoms with Crippen molar-refractivity contribution in [2.75, 3.05) is 7.11 Å². The third-order valence-corrected chi connectivity index (χ3v) is 4.15. The molecule has 1 fully saturated rings. The lowest BCUT2D eigenvalue weighted by atomic mass is 9.88. The van der Waals surface area contributed by atoms with E-state index in [2.05, 4.69) is 0 Å². The van der Waals surface area contributed by atoms with Gasteiger partial charge in [-0.3, -0.25) is 4.79 Å². The maximum absolute atomic E-state index is 14.1. The molecule has 1 aliphatic rings. The zero-order valence-electron chi connectivity index (χ0n) is 12.3. The van der Waals surface area contributed by atoms with Gasteiger partial charge in [-0.2, -0.15) is 8.78 Å². The fraction of sp³-hybridized carbons (Fsp3) is 0.235. The number of carbonyl (C=O) groups is 1. The fourth-order valence-electron chi connectivity index (χ4n) is 2.76. The molecule has 1 atom stereocenters. The Morgan fingerprint density at radius 2 is 1.83 bits per heavy atom. The van der Waals surface area contributed by atoms with E-state index < -0.39 is 17.9 Å². The second-order valence-corrected chi connectivity index (χ2v) is 5.76. The van der Waals surface area contributed by atoms with E-state index in [-0.39, 0.29) is 6.54 Å². The lowest BCUT2D eigenvalue weighted by Crippen LogP contribution is -2.63. The highest BCUT2D eigenvalue weighted by molar-refractivity contribution is 6.30. The van der Waals surface area contributed by atoms with Crippen LogP contribution in [-0.4, -0.2) is 23.8 Å². The van der Waals surface area contributed by atoms with E-state index in [1.54, 1.807) is 48.5 Å². The Kier molecular flexibility index (Phi) is 3.98. The van der Waals surface area contributed by atoms with E-state index in [0.29, 0.717) is 16.3 Å². The van der Waals surface area contributed by atoms with Gasteiger partial charge < -0.3 is 9.64 Å². The minimum atomic E-state index is -3.43. The molecule has 0 spiro atoms. The predicted molar refractivity (Wildman–Crippen MR) is 82.7 cm³/mol. The Morgan fingerprint density at radius 3 is 2.48 bits per heavy atom. The number of halogens is 3. The smallest absolute Gasteiger partial charge is 0.348 e. The Morgan fingerprint density at radius 1 is 1.17 bits per heavy atom. The molecule has 120 valence electrons. The molecule has 0 saturated carbocycles. The summed E-state index contributed by atoms with van der Waals surface area (Å²) in [7, 11) is 1.42. The van der Waals surface area contributed by atoms with Crippen LogP contribution in [0.5, 0.6) is 5.75 Å². The molecule has 1 heterocycles. The number of hydrogen-bond acceptors (Lipinski definition) is 2. The van der Waals surface area contributed by atoms with Crippen LogP contribution in [0.25, 0.3) is 0 Å². The van der Waals surface area contributed by atoms with Crippen LogP contribution in [0, 0.1) is 0 Å². The van der Waals surface area contributed by atoms with Gasteiger partial charge in [0.05, 0.1) is 7.11 Å². The van der Waals surface area contributed by atoms with Gasteiger partial charge >= 0.3 is 5.92 Å². The molecule has 0 bridgehead atoms. The third kappa shape index (κ3) is 2.65. The second-order valence-electron chi connectivity index (χ2n) is 5.33. The molecule has 1 aliphatic heterocycles. The van der Waals surface area contributed by atoms with Crippen molar-refractivity contribution in [2.45, 2.75) is 18.5 Å². The molecule has 2 aromatic rings. The normalized spacial score (nSPS) is 19.4. The first kappa shape index (κ1) is 15.7. The van der Waals surface area contributed by atoms with Crippen LogP contribution in [0.2, 0.25) is 5.02 Å². The third-order valence-electron chi connectivity index (χ3n) is 3.90. The topological polar surface area (TPSA) is 29.5 Å². The zero-order chi connectivity index (χ0) is 16.6. The Balaban J connectivity index is 1.93. The molecule has 1 unspecified atom stereocenters. The number of rotatable bonds is 4. The maximum Gasteiger partial charge on any atom is 0.348 e. The molecule has 0 aliphatic carbocycles. The van der Waals surface area contributed by atoms with Gasteiger partial charge in [0.15, 0.2) is 0 Å². The first-order valence-corrected chi connectivity index (χ1v) is 7.39. The number of β-lactam (4-membered cyclic amide) rings is 1. The highest BCUT2D eigenvalue weighted by Crippen LogP contribution is 2.50. The van der Waals surface area contributed by atoms with E-state index in [0.717, 1.165) is 10.5 Å². The van der Waals surface area contributed by atoms with Crippen molar-refractivity contribution in [2.24, 2.45) is 0 Å². The average Bonchev–Trinajstić information content (AvgIpc) is 2.56. The molecule has 0 radical (unpaired) electrons. The van der Waals surface area contributed by atoms with Crippen molar-refractivity contribution in [1.29, 1.82) is 0 Å². The molecular weight excluding hydrogens is 324 g/mol. The summed E-state index contributed by atoms with van der Waals surface area (Å²) in [5, 5.41) is 0.551. The van der Waals surface area contributed by atoms with Crippen LogP contribution >= 0.6 is 11.6 Å². The highest BCUT2D eigenvalue weighted by atomic mass is 35.5. The van der Waals surface area contributed by atoms with Crippen molar-refractivity contribution in [3.63, 3.8) is 0 Å². The quantitative estimate of drug-likeness (QED) is 0.787. The Bertz CT molecular complexity index is 734. The van der Waals surface area contributed by atoms with Gasteiger partial charge in [0.1, 0.15) is 11.8 Å². The number of likely N-dealkylation sites (tertiary alicyclic amines) is 1. The molecule has 1 amide bonds. The highest BCUT2D eigenvalue weighted by Gasteiger charge is 2.64. The van der Waals surface area contributed by atoms with Gasteiger partial charge in [-0.05, 0) is 23.8 Å². The summed E-state index contributed by atoms with van der Waals surface area (Å²) in [5.41, 5.74) is 1.03. The zero-order valence-corrected chi connectivity index (χ0v) is 13.1. The summed E-state index contributed by atoms with van der Waals surface area (Å²) in [6, 6.07) is 11.9. The first-order chi connectivity index (χ1) is 10.9. The van der Waals surface area contributed by atoms with Gasteiger partial charge in [0.2, 0.25) is 0 Å². The van der Waals surface area contributed by atoms with Crippen LogP contribution in [0.4, 0.5) is 8.78 Å². The van der Waals surface area contributed by atoms with Gasteiger partial charge in [-0.15, -0.1) is 0 Å². The lowest BCUT2D eigenvalue weighted by Gasteiger charge is -2.47. The summed E-state index contributed by atoms with van der Waals surface area (Å²) in [5.74, 6) is -4.27. The number of ether oxygens (including phenoxy) is 1. The molecular formula is C17H14ClF2NO2. The van der Waals surface area contributed by atoms with E-state index in [1.165, 1.54) is 7.11 Å². The van der Waals surface area contributed by atoms with Crippen molar-refractivity contribution < 1.29 is 18.3 Å². The van der Waals surface area contributed by atoms with Crippen molar-refractivity contribution in [1.82, 2.24) is 4.90 Å². The monoisotopic (exact) mass is 337 g/mol. The molecule has 0 N–H and O–H groups in total. The number of hydrogen-bond donors (Lipinski definition) is 0. The van der Waals surface area contributed by atoms with Crippen molar-refractivity contribution in [3.8, 4) is 5.75 Å². The SMILES string of the molecule is COc1ccccc1C1N(Cc2ccc(Cl)cc2)C(=O)C1(F)F. The summed E-state index contributed by atoms with van der Waals surface area (Å²) >= 11 is 5.82. The van der Waals surface area contributed by atoms with E-state index in [4.69, 9.17) is 16.3 Å². The number of benzene rings is 2. The molecule has 6 heteroatoms. The first-order valence-electron chi connectivity index (χ1n) is 7.01. The summed E-state index contributed by atoms with van der Waals surface area (Å²) < 4.78 is 33.5. The van der Waals surface area contributed by atoms with Gasteiger partial charge in [-0.1, -0.05) is 41.9 Å². The lowest BCUT2D eigenvalue weighted by molar-refractivity contribution is -0.207. The van der Waals surface area contributed by atoms with Crippen LogP contribution in [0.3, 0.4) is 0 Å². The molecule has 1 saturated heterocycles. The molecule has 3 nitrogen and oxygen atoms in total. The number of carbonyl (C=O) groups excluding carboxylic acids is 1. The van der Waals surface area contributed by atoms with E-state index >= 15 is 0 Å². The molecule has 0 aromatic heterocycles. The number of alkyl halides is 2. The largest absolute Gasteiger partial charge is 0.496 e. The van der Waals surface area contributed by atoms with Gasteiger partial charge in [0.25, 0.3) is 5.91 Å². The number of amides is 1. The average molecular weight is 338 g/mol. The number of para-hydroxylation sites is 1. The maximum atomic E-state index is 14.1. The minimum absolute atomic E-state index is 0.0916. The summed E-state index contributed by atoms with van der Waals surface area (Å²) in [4.78, 5) is 13.0. The van der Waals surface area contributed by atoms with E-state index in [9.17, 15) is 13.6 Å². The predicted octanol–water partition coefficient (Wildman–Crippen LogP) is 4.07. The van der Waals surface area contributed by atoms with Crippen LogP contribution in [0.15, 0.2) is 48.5 Å². The van der Waals surface area contributed by atoms with Crippen LogP contribution < -0.4 is 4.74 Å². The summed E-state index contributed by atoms with van der Waals surface area (Å²) in [6.45, 7) is 0.0916. The minimum Gasteiger partial charge on any atom is -0.496 e. The van der Waals surface area contributed by atoms with Crippen LogP contribution in [0.1, 0.15) is 17.2 Å². The number of nitrogens with zero attached hydrogens (tertiary/aromatic N) is 1. The molecule has 23 heavy (non-hydrogen) atoms. The Hall–Kier alpha value is -2.14. The Labute approximate surface area is 137 Å². The number of methoxy groups -OCH3 is 1.